The molecule has 0 aliphatic rings. The molecule has 0 amide bonds. The minimum atomic E-state index is 0.382. The average Bonchev–Trinajstić information content (AvgIpc) is 2.52. The van der Waals surface area contributed by atoms with Gasteiger partial charge in [-0.15, -0.1) is 11.8 Å². The maximum absolute atomic E-state index is 5.92. The summed E-state index contributed by atoms with van der Waals surface area (Å²) in [6, 6.07) is 12.0. The highest BCUT2D eigenvalue weighted by atomic mass is 32.2. The van der Waals surface area contributed by atoms with E-state index in [0.29, 0.717) is 18.4 Å². The number of benzene rings is 1. The zero-order chi connectivity index (χ0) is 16.1. The number of thioether (sulfide) groups is 1. The number of hydrogen-bond donors (Lipinski definition) is 1. The first-order valence-electron chi connectivity index (χ1n) is 7.27. The number of ether oxygens (including phenoxy) is 1. The molecule has 0 fully saturated rings. The van der Waals surface area contributed by atoms with Gasteiger partial charge < -0.3 is 9.75 Å². The normalized spacial score (nSPS) is 10.8. The van der Waals surface area contributed by atoms with Crippen molar-refractivity contribution >= 4 is 17.4 Å². The highest BCUT2D eigenvalue weighted by Crippen LogP contribution is 2.29. The monoisotopic (exact) mass is 317 g/mol. The number of hydrogen-bond acceptors (Lipinski definition) is 5. The van der Waals surface area contributed by atoms with Crippen LogP contribution in [0.2, 0.25) is 0 Å². The fraction of sp³-hybridized carbons (Fsp3) is 0.353. The van der Waals surface area contributed by atoms with Crippen molar-refractivity contribution in [3.63, 3.8) is 0 Å². The van der Waals surface area contributed by atoms with E-state index in [0.717, 1.165) is 21.8 Å². The third-order valence-electron chi connectivity index (χ3n) is 3.41. The first kappa shape index (κ1) is 16.6. The molecular formula is C17H23N3OS. The van der Waals surface area contributed by atoms with Gasteiger partial charge in [0.05, 0.1) is 5.69 Å². The van der Waals surface area contributed by atoms with Gasteiger partial charge in [-0.3, -0.25) is 0 Å². The van der Waals surface area contributed by atoms with E-state index in [1.165, 1.54) is 0 Å². The second-order valence-electron chi connectivity index (χ2n) is 5.41. The van der Waals surface area contributed by atoms with Crippen LogP contribution in [-0.2, 0) is 6.61 Å². The predicted octanol–water partition coefficient (Wildman–Crippen LogP) is 3.82. The molecule has 5 heteroatoms. The minimum Gasteiger partial charge on any atom is -0.473 e. The lowest BCUT2D eigenvalue weighted by Gasteiger charge is -2.19. The zero-order valence-corrected chi connectivity index (χ0v) is 14.4. The fourth-order valence-electron chi connectivity index (χ4n) is 2.20. The summed E-state index contributed by atoms with van der Waals surface area (Å²) in [6.07, 6.45) is 2.05. The van der Waals surface area contributed by atoms with Gasteiger partial charge in [0, 0.05) is 29.3 Å². The van der Waals surface area contributed by atoms with Gasteiger partial charge in [-0.25, -0.2) is 10.8 Å². The molecule has 0 bridgehead atoms. The van der Waals surface area contributed by atoms with E-state index in [-0.39, 0.29) is 0 Å². The number of aromatic nitrogens is 1. The molecule has 2 rings (SSSR count). The molecule has 0 saturated heterocycles. The molecule has 118 valence electrons. The van der Waals surface area contributed by atoms with Crippen LogP contribution in [0.3, 0.4) is 0 Å². The average molecular weight is 317 g/mol. The molecule has 4 nitrogen and oxygen atoms in total. The third-order valence-corrected chi connectivity index (χ3v) is 4.23. The standard InChI is InChI=1S/C17H23N3OS/c1-12(2)14-7-5-10-17(19-14)21-11-13-15(20(3)18)8-6-9-16(13)22-4/h5-10,12H,11,18H2,1-4H3. The summed E-state index contributed by atoms with van der Waals surface area (Å²) in [5.41, 5.74) is 3.08. The third kappa shape index (κ3) is 3.93. The van der Waals surface area contributed by atoms with E-state index in [1.807, 2.05) is 37.4 Å². The summed E-state index contributed by atoms with van der Waals surface area (Å²) < 4.78 is 5.91. The van der Waals surface area contributed by atoms with Gasteiger partial charge in [-0.05, 0) is 30.4 Å². The largest absolute Gasteiger partial charge is 0.473 e. The molecule has 0 atom stereocenters. The summed E-state index contributed by atoms with van der Waals surface area (Å²) in [7, 11) is 1.83. The van der Waals surface area contributed by atoms with Gasteiger partial charge in [0.25, 0.3) is 0 Å². The van der Waals surface area contributed by atoms with Crippen molar-refractivity contribution in [3.8, 4) is 5.88 Å². The van der Waals surface area contributed by atoms with Crippen LogP contribution in [0.15, 0.2) is 41.3 Å². The smallest absolute Gasteiger partial charge is 0.213 e. The fourth-order valence-corrected chi connectivity index (χ4v) is 2.82. The number of hydrazine groups is 1. The number of nitrogens with zero attached hydrogens (tertiary/aromatic N) is 2. The second kappa shape index (κ2) is 7.51. The zero-order valence-electron chi connectivity index (χ0n) is 13.5. The van der Waals surface area contributed by atoms with Crippen molar-refractivity contribution in [2.75, 3.05) is 18.3 Å². The highest BCUT2D eigenvalue weighted by molar-refractivity contribution is 7.98. The van der Waals surface area contributed by atoms with Gasteiger partial charge >= 0.3 is 0 Å². The van der Waals surface area contributed by atoms with Gasteiger partial charge in [0.1, 0.15) is 6.61 Å². The van der Waals surface area contributed by atoms with Gasteiger partial charge in [0.2, 0.25) is 5.88 Å². The number of rotatable bonds is 6. The molecule has 2 N–H and O–H groups in total. The first-order chi connectivity index (χ1) is 10.5. The summed E-state index contributed by atoms with van der Waals surface area (Å²) >= 11 is 1.69. The van der Waals surface area contributed by atoms with Gasteiger partial charge in [-0.2, -0.15) is 0 Å². The first-order valence-corrected chi connectivity index (χ1v) is 8.49. The molecule has 22 heavy (non-hydrogen) atoms. The van der Waals surface area contributed by atoms with Crippen LogP contribution in [0.5, 0.6) is 5.88 Å². The summed E-state index contributed by atoms with van der Waals surface area (Å²) in [5, 5.41) is 1.62. The number of anilines is 1. The topological polar surface area (TPSA) is 51.4 Å². The molecule has 0 spiro atoms. The minimum absolute atomic E-state index is 0.382. The quantitative estimate of drug-likeness (QED) is 0.499. The molecule has 1 aromatic heterocycles. The van der Waals surface area contributed by atoms with E-state index in [9.17, 15) is 0 Å². The molecule has 1 heterocycles. The molecule has 0 unspecified atom stereocenters. The van der Waals surface area contributed by atoms with Crippen LogP contribution < -0.4 is 15.6 Å². The SMILES string of the molecule is CSc1cccc(N(C)N)c1COc1cccc(C(C)C)n1. The maximum Gasteiger partial charge on any atom is 0.213 e. The lowest BCUT2D eigenvalue weighted by Crippen LogP contribution is -2.26. The Morgan fingerprint density at radius 2 is 1.95 bits per heavy atom. The summed E-state index contributed by atoms with van der Waals surface area (Å²) in [6.45, 7) is 4.69. The van der Waals surface area contributed by atoms with E-state index in [2.05, 4.69) is 31.2 Å². The maximum atomic E-state index is 5.92. The van der Waals surface area contributed by atoms with Crippen molar-refractivity contribution in [3.05, 3.63) is 47.7 Å². The van der Waals surface area contributed by atoms with Crippen molar-refractivity contribution < 1.29 is 4.74 Å². The Bertz CT molecular complexity index is 629. The lowest BCUT2D eigenvalue weighted by atomic mass is 10.1. The Morgan fingerprint density at radius 3 is 2.59 bits per heavy atom. The van der Waals surface area contributed by atoms with Crippen LogP contribution in [0.1, 0.15) is 31.0 Å². The molecule has 0 aliphatic carbocycles. The number of nitrogens with two attached hydrogens (primary N) is 1. The van der Waals surface area contributed by atoms with Crippen LogP contribution in [-0.4, -0.2) is 18.3 Å². The number of pyridine rings is 1. The molecule has 2 aromatic rings. The van der Waals surface area contributed by atoms with Gasteiger partial charge in [-0.1, -0.05) is 26.0 Å². The van der Waals surface area contributed by atoms with Crippen LogP contribution in [0.25, 0.3) is 0 Å². The van der Waals surface area contributed by atoms with Gasteiger partial charge in [0.15, 0.2) is 0 Å². The highest BCUT2D eigenvalue weighted by Gasteiger charge is 2.11. The van der Waals surface area contributed by atoms with Crippen LogP contribution in [0.4, 0.5) is 5.69 Å². The second-order valence-corrected chi connectivity index (χ2v) is 6.26. The summed E-state index contributed by atoms with van der Waals surface area (Å²) in [4.78, 5) is 5.71. The Balaban J connectivity index is 2.22. The molecule has 0 saturated carbocycles. The van der Waals surface area contributed by atoms with E-state index < -0.39 is 0 Å². The van der Waals surface area contributed by atoms with Crippen molar-refractivity contribution in [1.29, 1.82) is 0 Å². The van der Waals surface area contributed by atoms with Crippen molar-refractivity contribution in [2.45, 2.75) is 31.3 Å². The van der Waals surface area contributed by atoms with E-state index in [1.54, 1.807) is 16.8 Å². The Labute approximate surface area is 136 Å². The Kier molecular flexibility index (Phi) is 5.69. The van der Waals surface area contributed by atoms with Crippen molar-refractivity contribution in [1.82, 2.24) is 4.98 Å². The molecule has 1 aromatic carbocycles. The van der Waals surface area contributed by atoms with E-state index in [4.69, 9.17) is 10.6 Å². The molecule has 0 radical (unpaired) electrons. The Hall–Kier alpha value is -1.72. The Morgan fingerprint density at radius 1 is 1.23 bits per heavy atom. The van der Waals surface area contributed by atoms with E-state index >= 15 is 0 Å². The van der Waals surface area contributed by atoms with Crippen LogP contribution in [0, 0.1) is 0 Å². The predicted molar refractivity (Wildman–Crippen MR) is 93.5 cm³/mol. The lowest BCUT2D eigenvalue weighted by molar-refractivity contribution is 0.290. The van der Waals surface area contributed by atoms with Crippen molar-refractivity contribution in [2.24, 2.45) is 5.84 Å². The molecule has 0 aliphatic heterocycles. The summed E-state index contributed by atoms with van der Waals surface area (Å²) in [5.74, 6) is 6.95. The molecular weight excluding hydrogens is 294 g/mol. The van der Waals surface area contributed by atoms with Crippen LogP contribution >= 0.6 is 11.8 Å².